The second-order valence-corrected chi connectivity index (χ2v) is 10.0. The number of pyridine rings is 1. The molecule has 1 aliphatic carbocycles. The third-order valence-electron chi connectivity index (χ3n) is 7.25. The largest absolute Gasteiger partial charge is 0.385 e. The maximum Gasteiger partial charge on any atom is 0.250 e. The van der Waals surface area contributed by atoms with Crippen LogP contribution in [0.1, 0.15) is 65.6 Å². The lowest BCUT2D eigenvalue weighted by atomic mass is 9.80. The van der Waals surface area contributed by atoms with Crippen LogP contribution in [0.15, 0.2) is 41.3 Å². The van der Waals surface area contributed by atoms with Crippen molar-refractivity contribution in [3.05, 3.63) is 69.1 Å². The van der Waals surface area contributed by atoms with Crippen LogP contribution in [0.4, 0.5) is 0 Å². The summed E-state index contributed by atoms with van der Waals surface area (Å²) in [6, 6.07) is 9.92. The van der Waals surface area contributed by atoms with E-state index < -0.39 is 0 Å². The molecule has 1 aromatic carbocycles. The van der Waals surface area contributed by atoms with E-state index in [0.717, 1.165) is 55.3 Å². The molecule has 1 saturated carbocycles. The Hall–Kier alpha value is -2.77. The van der Waals surface area contributed by atoms with E-state index in [9.17, 15) is 14.4 Å². The molecule has 35 heavy (non-hydrogen) atoms. The lowest BCUT2D eigenvalue weighted by Crippen LogP contribution is -2.47. The number of aryl methyl sites for hydroxylation is 2. The van der Waals surface area contributed by atoms with Gasteiger partial charge in [0.25, 0.3) is 5.56 Å². The summed E-state index contributed by atoms with van der Waals surface area (Å²) in [5.41, 5.74) is 3.69. The van der Waals surface area contributed by atoms with Crippen LogP contribution in [-0.2, 0) is 29.5 Å². The first kappa shape index (κ1) is 25.3. The average Bonchev–Trinajstić information content (AvgIpc) is 3.69. The number of nitrogens with zero attached hydrogens (tertiary/aromatic N) is 2. The number of nitrogens with one attached hydrogen (secondary N) is 1. The van der Waals surface area contributed by atoms with Gasteiger partial charge in [-0.3, -0.25) is 14.4 Å². The Morgan fingerprint density at radius 1 is 1.14 bits per heavy atom. The van der Waals surface area contributed by atoms with E-state index in [1.807, 2.05) is 23.1 Å². The van der Waals surface area contributed by atoms with E-state index in [-0.39, 0.29) is 35.1 Å². The Balaban J connectivity index is 1.58. The molecule has 7 heteroatoms. The summed E-state index contributed by atoms with van der Waals surface area (Å²) >= 11 is 0. The van der Waals surface area contributed by atoms with Crippen molar-refractivity contribution in [2.75, 3.05) is 26.8 Å². The van der Waals surface area contributed by atoms with Crippen molar-refractivity contribution in [3.63, 3.8) is 0 Å². The molecule has 1 unspecified atom stereocenters. The van der Waals surface area contributed by atoms with Gasteiger partial charge in [-0.2, -0.15) is 0 Å². The normalized spacial score (nSPS) is 20.0. The molecular formula is C28H37N3O4. The number of methoxy groups -OCH3 is 1. The summed E-state index contributed by atoms with van der Waals surface area (Å²) in [4.78, 5) is 40.5. The summed E-state index contributed by atoms with van der Waals surface area (Å²) in [5.74, 6) is -0.0217. The summed E-state index contributed by atoms with van der Waals surface area (Å²) in [5, 5.41) is 3.39. The van der Waals surface area contributed by atoms with Crippen molar-refractivity contribution in [1.29, 1.82) is 0 Å². The predicted molar refractivity (Wildman–Crippen MR) is 136 cm³/mol. The molecule has 1 saturated heterocycles. The third-order valence-corrected chi connectivity index (χ3v) is 7.25. The zero-order chi connectivity index (χ0) is 24.9. The molecule has 0 bridgehead atoms. The molecule has 4 rings (SSSR count). The Morgan fingerprint density at radius 2 is 1.91 bits per heavy atom. The van der Waals surface area contributed by atoms with Crippen LogP contribution in [-0.4, -0.2) is 54.0 Å². The number of amides is 1. The predicted octanol–water partition coefficient (Wildman–Crippen LogP) is 3.05. The minimum atomic E-state index is -0.214. The molecule has 0 spiro atoms. The van der Waals surface area contributed by atoms with Gasteiger partial charge in [-0.1, -0.05) is 6.07 Å². The molecule has 2 aliphatic rings. The highest BCUT2D eigenvalue weighted by Gasteiger charge is 2.40. The standard InChI is InChI=1S/C28H37N3O4/c1-19(32)23-14-20(5-4-12-35-3)13-21(15-23)18-31(24-6-7-24)28(34)26-17-29-10-8-25(26)22-9-11-30(2)27(33)16-22/h9,11,13-16,24-26,29H,4-8,10,12,17-18H2,1-3H3/t25?,26-/m0/s1. The second kappa shape index (κ2) is 11.3. The monoisotopic (exact) mass is 479 g/mol. The number of rotatable bonds is 10. The smallest absolute Gasteiger partial charge is 0.250 e. The van der Waals surface area contributed by atoms with Gasteiger partial charge >= 0.3 is 0 Å². The molecule has 188 valence electrons. The molecule has 2 atom stereocenters. The fraction of sp³-hybridized carbons (Fsp3) is 0.536. The molecule has 1 amide bonds. The van der Waals surface area contributed by atoms with E-state index in [2.05, 4.69) is 11.4 Å². The lowest BCUT2D eigenvalue weighted by Gasteiger charge is -2.36. The maximum absolute atomic E-state index is 14.0. The first-order valence-electron chi connectivity index (χ1n) is 12.7. The highest BCUT2D eigenvalue weighted by molar-refractivity contribution is 5.94. The molecule has 2 heterocycles. The van der Waals surface area contributed by atoms with Gasteiger partial charge in [0.05, 0.1) is 5.92 Å². The Morgan fingerprint density at radius 3 is 2.60 bits per heavy atom. The van der Waals surface area contributed by atoms with E-state index in [0.29, 0.717) is 25.3 Å². The molecule has 2 fully saturated rings. The van der Waals surface area contributed by atoms with Gasteiger partial charge in [0.15, 0.2) is 5.78 Å². The van der Waals surface area contributed by atoms with Crippen LogP contribution in [0.5, 0.6) is 0 Å². The van der Waals surface area contributed by atoms with Crippen molar-refractivity contribution < 1.29 is 14.3 Å². The van der Waals surface area contributed by atoms with E-state index in [1.54, 1.807) is 37.9 Å². The number of ketones is 1. The summed E-state index contributed by atoms with van der Waals surface area (Å²) in [6.45, 7) is 4.20. The number of Topliss-reactive ketones (excluding diaryl/α,β-unsaturated/α-hetero) is 1. The van der Waals surface area contributed by atoms with Crippen molar-refractivity contribution in [2.45, 2.75) is 57.5 Å². The maximum atomic E-state index is 14.0. The van der Waals surface area contributed by atoms with Gasteiger partial charge in [-0.05, 0) is 86.4 Å². The van der Waals surface area contributed by atoms with Crippen molar-refractivity contribution in [3.8, 4) is 0 Å². The van der Waals surface area contributed by atoms with Gasteiger partial charge in [-0.25, -0.2) is 0 Å². The first-order chi connectivity index (χ1) is 16.9. The zero-order valence-corrected chi connectivity index (χ0v) is 21.1. The summed E-state index contributed by atoms with van der Waals surface area (Å²) < 4.78 is 6.75. The molecule has 2 aromatic rings. The minimum Gasteiger partial charge on any atom is -0.385 e. The fourth-order valence-electron chi connectivity index (χ4n) is 5.12. The van der Waals surface area contributed by atoms with E-state index in [1.165, 1.54) is 0 Å². The molecule has 7 nitrogen and oxygen atoms in total. The van der Waals surface area contributed by atoms with Gasteiger partial charge in [-0.15, -0.1) is 0 Å². The van der Waals surface area contributed by atoms with Crippen molar-refractivity contribution in [2.24, 2.45) is 13.0 Å². The van der Waals surface area contributed by atoms with Crippen molar-refractivity contribution in [1.82, 2.24) is 14.8 Å². The highest BCUT2D eigenvalue weighted by atomic mass is 16.5. The minimum absolute atomic E-state index is 0.0204. The van der Waals surface area contributed by atoms with Crippen LogP contribution < -0.4 is 10.9 Å². The highest BCUT2D eigenvalue weighted by Crippen LogP contribution is 2.36. The number of aromatic nitrogens is 1. The second-order valence-electron chi connectivity index (χ2n) is 10.0. The Labute approximate surface area is 207 Å². The molecular weight excluding hydrogens is 442 g/mol. The summed E-state index contributed by atoms with van der Waals surface area (Å²) in [7, 11) is 3.43. The molecule has 1 aromatic heterocycles. The quantitative estimate of drug-likeness (QED) is 0.419. The van der Waals surface area contributed by atoms with Gasteiger partial charge in [0, 0.05) is 57.7 Å². The van der Waals surface area contributed by atoms with Gasteiger partial charge < -0.3 is 19.5 Å². The zero-order valence-electron chi connectivity index (χ0n) is 21.1. The Bertz CT molecular complexity index is 1120. The topological polar surface area (TPSA) is 80.6 Å². The number of ether oxygens (including phenoxy) is 1. The third kappa shape index (κ3) is 6.27. The van der Waals surface area contributed by atoms with Crippen LogP contribution in [0, 0.1) is 5.92 Å². The lowest BCUT2D eigenvalue weighted by molar-refractivity contribution is -0.138. The fourth-order valence-corrected chi connectivity index (χ4v) is 5.12. The van der Waals surface area contributed by atoms with Crippen LogP contribution in [0.3, 0.4) is 0 Å². The van der Waals surface area contributed by atoms with Crippen molar-refractivity contribution >= 4 is 11.7 Å². The average molecular weight is 480 g/mol. The molecule has 1 N–H and O–H groups in total. The van der Waals surface area contributed by atoms with Crippen LogP contribution in [0.25, 0.3) is 0 Å². The Kier molecular flexibility index (Phi) is 8.19. The van der Waals surface area contributed by atoms with Crippen LogP contribution in [0.2, 0.25) is 0 Å². The molecule has 0 radical (unpaired) electrons. The van der Waals surface area contributed by atoms with E-state index >= 15 is 0 Å². The number of benzene rings is 1. The molecule has 1 aliphatic heterocycles. The van der Waals surface area contributed by atoms with Gasteiger partial charge in [0.2, 0.25) is 5.91 Å². The number of piperidine rings is 1. The number of hydrogen-bond donors (Lipinski definition) is 1. The SMILES string of the molecule is COCCCc1cc(CN(C(=O)[C@H]2CNCCC2c2ccn(C)c(=O)c2)C2CC2)cc(C(C)=O)c1. The van der Waals surface area contributed by atoms with Crippen LogP contribution >= 0.6 is 0 Å². The van der Waals surface area contributed by atoms with E-state index in [4.69, 9.17) is 4.74 Å². The summed E-state index contributed by atoms with van der Waals surface area (Å²) in [6.07, 6.45) is 6.35. The van der Waals surface area contributed by atoms with Gasteiger partial charge in [0.1, 0.15) is 0 Å². The number of carbonyl (C=O) groups is 2. The number of carbonyl (C=O) groups excluding carboxylic acids is 2. The number of hydrogen-bond acceptors (Lipinski definition) is 5. The first-order valence-corrected chi connectivity index (χ1v) is 12.7.